The van der Waals surface area contributed by atoms with E-state index in [-0.39, 0.29) is 11.7 Å². The Kier molecular flexibility index (Phi) is 5.61. The molecule has 0 unspecified atom stereocenters. The molecule has 5 nitrogen and oxygen atoms in total. The van der Waals surface area contributed by atoms with E-state index in [0.29, 0.717) is 10.8 Å². The molecule has 6 heteroatoms. The molecule has 0 spiro atoms. The minimum Gasteiger partial charge on any atom is -0.319 e. The second-order valence-corrected chi connectivity index (χ2v) is 8.18. The van der Waals surface area contributed by atoms with Crippen molar-refractivity contribution in [2.24, 2.45) is 0 Å². The molecule has 0 saturated heterocycles. The number of anilines is 1. The van der Waals surface area contributed by atoms with Gasteiger partial charge in [0, 0.05) is 16.3 Å². The molecule has 0 radical (unpaired) electrons. The van der Waals surface area contributed by atoms with Gasteiger partial charge in [0.15, 0.2) is 5.82 Å². The van der Waals surface area contributed by atoms with Crippen LogP contribution < -0.4 is 5.32 Å². The second kappa shape index (κ2) is 8.36. The van der Waals surface area contributed by atoms with E-state index in [2.05, 4.69) is 15.4 Å². The molecule has 0 aliphatic carbocycles. The molecule has 0 fully saturated rings. The van der Waals surface area contributed by atoms with E-state index in [1.807, 2.05) is 88.4 Å². The summed E-state index contributed by atoms with van der Waals surface area (Å²) in [6.07, 6.45) is 0. The quantitative estimate of drug-likeness (QED) is 0.427. The first kappa shape index (κ1) is 20.8. The van der Waals surface area contributed by atoms with Crippen molar-refractivity contribution in [2.45, 2.75) is 27.7 Å². The van der Waals surface area contributed by atoms with Crippen LogP contribution >= 0.6 is 11.6 Å². The van der Waals surface area contributed by atoms with Crippen LogP contribution in [0.3, 0.4) is 0 Å². The summed E-state index contributed by atoms with van der Waals surface area (Å²) in [4.78, 5) is 17.6. The lowest BCUT2D eigenvalue weighted by atomic mass is 10.1. The Labute approximate surface area is 186 Å². The van der Waals surface area contributed by atoms with E-state index < -0.39 is 0 Å². The third-order valence-corrected chi connectivity index (χ3v) is 5.40. The molecule has 1 aromatic heterocycles. The van der Waals surface area contributed by atoms with Gasteiger partial charge in [-0.15, -0.1) is 5.10 Å². The number of carbonyl (C=O) groups excluding carboxylic acids is 1. The van der Waals surface area contributed by atoms with Crippen molar-refractivity contribution in [3.05, 3.63) is 93.8 Å². The maximum Gasteiger partial charge on any atom is 0.295 e. The molecule has 156 valence electrons. The van der Waals surface area contributed by atoms with E-state index in [0.717, 1.165) is 39.2 Å². The zero-order chi connectivity index (χ0) is 22.1. The number of aromatic nitrogens is 3. The molecule has 0 saturated carbocycles. The summed E-state index contributed by atoms with van der Waals surface area (Å²) >= 11 is 6.25. The Hall–Kier alpha value is -3.44. The van der Waals surface area contributed by atoms with Crippen molar-refractivity contribution in [3.63, 3.8) is 0 Å². The zero-order valence-electron chi connectivity index (χ0n) is 17.9. The van der Waals surface area contributed by atoms with E-state index in [1.54, 1.807) is 4.68 Å². The summed E-state index contributed by atoms with van der Waals surface area (Å²) < 4.78 is 1.68. The van der Waals surface area contributed by atoms with Crippen molar-refractivity contribution < 1.29 is 4.79 Å². The summed E-state index contributed by atoms with van der Waals surface area (Å²) in [5, 5.41) is 8.10. The topological polar surface area (TPSA) is 59.8 Å². The highest BCUT2D eigenvalue weighted by molar-refractivity contribution is 6.30. The van der Waals surface area contributed by atoms with Gasteiger partial charge in [-0.2, -0.15) is 0 Å². The molecule has 0 aliphatic heterocycles. The van der Waals surface area contributed by atoms with Crippen LogP contribution in [-0.4, -0.2) is 20.7 Å². The molecular weight excluding hydrogens is 408 g/mol. The van der Waals surface area contributed by atoms with Gasteiger partial charge in [0.25, 0.3) is 5.91 Å². The molecule has 0 atom stereocenters. The van der Waals surface area contributed by atoms with Gasteiger partial charge in [0.05, 0.1) is 5.69 Å². The fourth-order valence-corrected chi connectivity index (χ4v) is 3.49. The minimum atomic E-state index is -0.361. The average Bonchev–Trinajstić information content (AvgIpc) is 3.18. The Bertz CT molecular complexity index is 1280. The predicted molar refractivity (Wildman–Crippen MR) is 125 cm³/mol. The van der Waals surface area contributed by atoms with Gasteiger partial charge < -0.3 is 5.32 Å². The Balaban J connectivity index is 1.81. The van der Waals surface area contributed by atoms with Crippen LogP contribution in [0.2, 0.25) is 5.02 Å². The van der Waals surface area contributed by atoms with E-state index in [1.165, 1.54) is 0 Å². The standard InChI is InChI=1S/C25H23ClN4O/c1-15-6-10-19(11-7-15)24-28-23(25(31)27-21-13-16(2)5-8-17(21)3)29-30(24)22-14-20(26)12-9-18(22)4/h5-14H,1-4H3,(H,27,31). The first-order chi connectivity index (χ1) is 14.8. The number of nitrogens with zero attached hydrogens (tertiary/aromatic N) is 3. The van der Waals surface area contributed by atoms with Gasteiger partial charge in [0.1, 0.15) is 0 Å². The number of benzene rings is 3. The second-order valence-electron chi connectivity index (χ2n) is 7.74. The first-order valence-corrected chi connectivity index (χ1v) is 10.4. The number of rotatable bonds is 4. The molecule has 1 heterocycles. The maximum atomic E-state index is 13.0. The summed E-state index contributed by atoms with van der Waals surface area (Å²) in [5.41, 5.74) is 6.55. The summed E-state index contributed by atoms with van der Waals surface area (Å²) in [6.45, 7) is 7.94. The third kappa shape index (κ3) is 4.37. The number of hydrogen-bond acceptors (Lipinski definition) is 3. The number of aryl methyl sites for hydroxylation is 4. The Morgan fingerprint density at radius 3 is 2.29 bits per heavy atom. The van der Waals surface area contributed by atoms with Gasteiger partial charge in [-0.25, -0.2) is 9.67 Å². The number of hydrogen-bond donors (Lipinski definition) is 1. The molecule has 3 aromatic carbocycles. The minimum absolute atomic E-state index is 0.0934. The highest BCUT2D eigenvalue weighted by Crippen LogP contribution is 2.26. The lowest BCUT2D eigenvalue weighted by Gasteiger charge is -2.10. The maximum absolute atomic E-state index is 13.0. The number of nitrogens with one attached hydrogen (secondary N) is 1. The number of halogens is 1. The van der Waals surface area contributed by atoms with Crippen LogP contribution in [-0.2, 0) is 0 Å². The lowest BCUT2D eigenvalue weighted by Crippen LogP contribution is -2.15. The summed E-state index contributed by atoms with van der Waals surface area (Å²) in [6, 6.07) is 19.5. The van der Waals surface area contributed by atoms with Gasteiger partial charge in [-0.1, -0.05) is 59.6 Å². The SMILES string of the molecule is Cc1ccc(-c2nc(C(=O)Nc3cc(C)ccc3C)nn2-c2cc(Cl)ccc2C)cc1. The van der Waals surface area contributed by atoms with Crippen LogP contribution in [0.5, 0.6) is 0 Å². The fourth-order valence-electron chi connectivity index (χ4n) is 3.33. The van der Waals surface area contributed by atoms with Crippen LogP contribution in [0.25, 0.3) is 17.1 Å². The highest BCUT2D eigenvalue weighted by atomic mass is 35.5. The third-order valence-electron chi connectivity index (χ3n) is 5.16. The first-order valence-electron chi connectivity index (χ1n) is 10.0. The highest BCUT2D eigenvalue weighted by Gasteiger charge is 2.20. The molecular formula is C25H23ClN4O. The molecule has 0 aliphatic rings. The van der Waals surface area contributed by atoms with Crippen molar-refractivity contribution in [2.75, 3.05) is 5.32 Å². The summed E-state index contributed by atoms with van der Waals surface area (Å²) in [7, 11) is 0. The summed E-state index contributed by atoms with van der Waals surface area (Å²) in [5.74, 6) is 0.313. The Morgan fingerprint density at radius 1 is 0.871 bits per heavy atom. The van der Waals surface area contributed by atoms with Crippen LogP contribution in [0.1, 0.15) is 32.9 Å². The lowest BCUT2D eigenvalue weighted by molar-refractivity contribution is 0.101. The van der Waals surface area contributed by atoms with Crippen LogP contribution in [0, 0.1) is 27.7 Å². The van der Waals surface area contributed by atoms with E-state index >= 15 is 0 Å². The molecule has 4 rings (SSSR count). The largest absolute Gasteiger partial charge is 0.319 e. The monoisotopic (exact) mass is 430 g/mol. The van der Waals surface area contributed by atoms with Crippen LogP contribution in [0.15, 0.2) is 60.7 Å². The van der Waals surface area contributed by atoms with E-state index in [4.69, 9.17) is 11.6 Å². The molecule has 0 bridgehead atoms. The number of amides is 1. The van der Waals surface area contributed by atoms with Gasteiger partial charge in [0.2, 0.25) is 5.82 Å². The zero-order valence-corrected chi connectivity index (χ0v) is 18.7. The van der Waals surface area contributed by atoms with Gasteiger partial charge in [-0.3, -0.25) is 4.79 Å². The molecule has 31 heavy (non-hydrogen) atoms. The fraction of sp³-hybridized carbons (Fsp3) is 0.160. The molecule has 1 N–H and O–H groups in total. The predicted octanol–water partition coefficient (Wildman–Crippen LogP) is 6.07. The average molecular weight is 431 g/mol. The number of carbonyl (C=O) groups is 1. The van der Waals surface area contributed by atoms with Crippen molar-refractivity contribution in [1.29, 1.82) is 0 Å². The normalized spacial score (nSPS) is 10.9. The van der Waals surface area contributed by atoms with Gasteiger partial charge in [-0.05, 0) is 62.6 Å². The van der Waals surface area contributed by atoms with Crippen molar-refractivity contribution in [1.82, 2.24) is 14.8 Å². The van der Waals surface area contributed by atoms with E-state index in [9.17, 15) is 4.79 Å². The molecule has 1 amide bonds. The van der Waals surface area contributed by atoms with Crippen molar-refractivity contribution in [3.8, 4) is 17.1 Å². The Morgan fingerprint density at radius 2 is 1.55 bits per heavy atom. The molecule has 4 aromatic rings. The van der Waals surface area contributed by atoms with Gasteiger partial charge >= 0.3 is 0 Å². The smallest absolute Gasteiger partial charge is 0.295 e. The van der Waals surface area contributed by atoms with Crippen LogP contribution in [0.4, 0.5) is 5.69 Å². The van der Waals surface area contributed by atoms with Crippen molar-refractivity contribution >= 4 is 23.2 Å².